The SMILES string of the molecule is Cc1ccc(C2C(=O)NC(=O)N(Cc3ccccc3)C2=O)cc1.O=C1C(Cc2ccccc2)C(=O)N(c2ccccc2)C(=O)N1Cc1ccccc1.O=C1NC(=O)N(Cc2ccccc2)C(=O)C1C(Cc1ccccc1)Cc1ccccc1.O=C1NC(=O)N(Cc2ccccc2)C(=O)C1Cc1ccccc1.O=C1NC(=O)N(Cc2ccccc2)C(=O)C1c1ccc(Cl)cc1. The lowest BCUT2D eigenvalue weighted by atomic mass is 9.80. The Morgan fingerprint density at radius 3 is 0.891 bits per heavy atom. The largest absolute Gasteiger partial charge is 0.338 e. The zero-order valence-electron chi connectivity index (χ0n) is 70.0. The highest BCUT2D eigenvalue weighted by Crippen LogP contribution is 2.33. The summed E-state index contributed by atoms with van der Waals surface area (Å²) in [4.78, 5) is 195. The number of anilines is 1. The molecule has 5 atom stereocenters. The van der Waals surface area contributed by atoms with E-state index in [4.69, 9.17) is 11.6 Å². The summed E-state index contributed by atoms with van der Waals surface area (Å²) in [5, 5.41) is 9.70. The number of para-hydroxylation sites is 1. The third-order valence-electron chi connectivity index (χ3n) is 21.9. The summed E-state index contributed by atoms with van der Waals surface area (Å²) in [5.74, 6) is -10.2. The third-order valence-corrected chi connectivity index (χ3v) is 22.2. The number of amides is 20. The van der Waals surface area contributed by atoms with Crippen LogP contribution in [0.2, 0.25) is 5.02 Å². The van der Waals surface area contributed by atoms with Gasteiger partial charge in [-0.3, -0.25) is 93.7 Å². The van der Waals surface area contributed by atoms with Crippen molar-refractivity contribution in [3.63, 3.8) is 0 Å². The van der Waals surface area contributed by atoms with Gasteiger partial charge in [-0.15, -0.1) is 0 Å². The van der Waals surface area contributed by atoms with Crippen LogP contribution in [0.4, 0.5) is 29.7 Å². The van der Waals surface area contributed by atoms with E-state index in [2.05, 4.69) is 21.3 Å². The number of hydrogen-bond acceptors (Lipinski definition) is 15. The van der Waals surface area contributed by atoms with Crippen LogP contribution in [0.3, 0.4) is 0 Å². The van der Waals surface area contributed by atoms with Crippen molar-refractivity contribution >= 4 is 107 Å². The van der Waals surface area contributed by atoms with Gasteiger partial charge in [0.2, 0.25) is 59.1 Å². The van der Waals surface area contributed by atoms with Crippen LogP contribution in [0.25, 0.3) is 0 Å². The van der Waals surface area contributed by atoms with Gasteiger partial charge in [-0.2, -0.15) is 0 Å². The molecule has 648 valence electrons. The van der Waals surface area contributed by atoms with Crippen LogP contribution >= 0.6 is 11.6 Å². The fourth-order valence-corrected chi connectivity index (χ4v) is 15.4. The maximum Gasteiger partial charge on any atom is 0.338 e. The molecule has 0 aliphatic carbocycles. The van der Waals surface area contributed by atoms with Crippen molar-refractivity contribution in [1.29, 1.82) is 0 Å². The summed E-state index contributed by atoms with van der Waals surface area (Å²) in [6.45, 7) is 2.60. The minimum absolute atomic E-state index is 0.114. The maximum absolute atomic E-state index is 13.4. The molecule has 0 radical (unpaired) electrons. The van der Waals surface area contributed by atoms with Crippen molar-refractivity contribution in [2.75, 3.05) is 4.90 Å². The zero-order chi connectivity index (χ0) is 90.9. The molecular weight excluding hydrogens is 1650 g/mol. The predicted molar refractivity (Wildman–Crippen MR) is 481 cm³/mol. The number of nitrogens with one attached hydrogen (secondary N) is 4. The van der Waals surface area contributed by atoms with Gasteiger partial charge in [-0.1, -0.05) is 345 Å². The summed E-state index contributed by atoms with van der Waals surface area (Å²) in [5.41, 5.74) is 10.6. The number of nitrogens with zero attached hydrogens (tertiary/aromatic N) is 6. The van der Waals surface area contributed by atoms with Gasteiger partial charge in [0.25, 0.3) is 0 Å². The summed E-state index contributed by atoms with van der Waals surface area (Å²) in [6, 6.07) is 104. The fraction of sp³-hybridized carbons (Fsp3) is 0.155. The first kappa shape index (κ1) is 90.7. The number of aryl methyl sites for hydroxylation is 1. The van der Waals surface area contributed by atoms with Gasteiger partial charge in [0.15, 0.2) is 0 Å². The molecule has 12 aromatic rings. The Kier molecular flexibility index (Phi) is 30.6. The van der Waals surface area contributed by atoms with E-state index < -0.39 is 119 Å². The van der Waals surface area contributed by atoms with E-state index in [1.807, 2.05) is 298 Å². The Bertz CT molecular complexity index is 5720. The Morgan fingerprint density at radius 1 is 0.264 bits per heavy atom. The first-order valence-corrected chi connectivity index (χ1v) is 42.0. The Balaban J connectivity index is 0.000000138. The van der Waals surface area contributed by atoms with Gasteiger partial charge in [0.1, 0.15) is 29.6 Å². The molecule has 0 saturated carbocycles. The molecule has 20 amide bonds. The van der Waals surface area contributed by atoms with Crippen LogP contribution in [-0.2, 0) is 106 Å². The van der Waals surface area contributed by atoms with Crippen molar-refractivity contribution in [3.05, 3.63) is 424 Å². The number of benzene rings is 12. The van der Waals surface area contributed by atoms with Crippen molar-refractivity contribution in [2.45, 2.75) is 77.2 Å². The highest BCUT2D eigenvalue weighted by atomic mass is 35.5. The predicted octanol–water partition coefficient (Wildman–Crippen LogP) is 15.2. The van der Waals surface area contributed by atoms with E-state index >= 15 is 0 Å². The van der Waals surface area contributed by atoms with Crippen LogP contribution in [0.1, 0.15) is 78.6 Å². The molecular formula is C103H89ClN10O15. The van der Waals surface area contributed by atoms with Gasteiger partial charge >= 0.3 is 30.2 Å². The second-order valence-corrected chi connectivity index (χ2v) is 31.4. The van der Waals surface area contributed by atoms with Crippen molar-refractivity contribution in [1.82, 2.24) is 45.8 Å². The van der Waals surface area contributed by atoms with E-state index in [0.29, 0.717) is 34.7 Å². The van der Waals surface area contributed by atoms with E-state index in [9.17, 15) is 71.9 Å². The quantitative estimate of drug-likeness (QED) is 0.0458. The molecule has 0 bridgehead atoms. The maximum atomic E-state index is 13.4. The number of halogens is 1. The van der Waals surface area contributed by atoms with Crippen molar-refractivity contribution in [3.8, 4) is 0 Å². The zero-order valence-corrected chi connectivity index (χ0v) is 70.8. The van der Waals surface area contributed by atoms with Crippen LogP contribution in [0.15, 0.2) is 352 Å². The molecule has 4 N–H and O–H groups in total. The summed E-state index contributed by atoms with van der Waals surface area (Å²) in [6.07, 6.45) is 1.66. The second-order valence-electron chi connectivity index (χ2n) is 30.9. The molecule has 5 fully saturated rings. The monoisotopic (exact) mass is 1740 g/mol. The van der Waals surface area contributed by atoms with Crippen LogP contribution in [0.5, 0.6) is 0 Å². The molecule has 0 aromatic heterocycles. The Morgan fingerprint density at radius 2 is 0.535 bits per heavy atom. The molecule has 5 aliphatic heterocycles. The van der Waals surface area contributed by atoms with Gasteiger partial charge in [0, 0.05) is 5.02 Å². The molecule has 12 aromatic carbocycles. The molecule has 25 nitrogen and oxygen atoms in total. The number of hydrogen-bond donors (Lipinski definition) is 4. The van der Waals surface area contributed by atoms with E-state index in [0.717, 1.165) is 80.1 Å². The highest BCUT2D eigenvalue weighted by Gasteiger charge is 2.49. The number of imide groups is 10. The lowest BCUT2D eigenvalue weighted by Crippen LogP contribution is -2.60. The molecule has 5 unspecified atom stereocenters. The minimum atomic E-state index is -1.05. The van der Waals surface area contributed by atoms with E-state index in [1.165, 1.54) is 4.90 Å². The number of barbiturate groups is 5. The molecule has 5 heterocycles. The molecule has 0 spiro atoms. The van der Waals surface area contributed by atoms with Gasteiger partial charge in [-0.05, 0) is 124 Å². The van der Waals surface area contributed by atoms with Crippen LogP contribution in [0, 0.1) is 30.6 Å². The topological polar surface area (TPSA) is 324 Å². The lowest BCUT2D eigenvalue weighted by molar-refractivity contribution is -0.146. The van der Waals surface area contributed by atoms with Gasteiger partial charge in [0.05, 0.1) is 38.4 Å². The molecule has 5 saturated heterocycles. The van der Waals surface area contributed by atoms with E-state index in [1.54, 1.807) is 60.7 Å². The van der Waals surface area contributed by atoms with Crippen molar-refractivity contribution < 1.29 is 71.9 Å². The Hall–Kier alpha value is -16.0. The number of urea groups is 5. The molecule has 129 heavy (non-hydrogen) atoms. The minimum Gasteiger partial charge on any atom is -0.277 e. The number of rotatable bonds is 22. The first-order valence-electron chi connectivity index (χ1n) is 41.6. The average Bonchev–Trinajstić information content (AvgIpc) is 0.763. The van der Waals surface area contributed by atoms with Crippen LogP contribution in [-0.4, -0.2) is 114 Å². The highest BCUT2D eigenvalue weighted by molar-refractivity contribution is 6.31. The Labute approximate surface area is 749 Å². The van der Waals surface area contributed by atoms with E-state index in [-0.39, 0.29) is 51.5 Å². The second kappa shape index (κ2) is 43.5. The summed E-state index contributed by atoms with van der Waals surface area (Å²) < 4.78 is 0. The number of carbonyl (C=O) groups is 15. The van der Waals surface area contributed by atoms with Gasteiger partial charge in [-0.25, -0.2) is 28.9 Å². The first-order chi connectivity index (χ1) is 62.5. The number of carbonyl (C=O) groups excluding carboxylic acids is 15. The smallest absolute Gasteiger partial charge is 0.277 e. The normalized spacial score (nSPS) is 17.4. The van der Waals surface area contributed by atoms with Crippen molar-refractivity contribution in [2.24, 2.45) is 23.7 Å². The summed E-state index contributed by atoms with van der Waals surface area (Å²) >= 11 is 5.83. The molecule has 5 aliphatic rings. The molecule has 17 rings (SSSR count). The third kappa shape index (κ3) is 23.5. The van der Waals surface area contributed by atoms with Crippen LogP contribution < -0.4 is 26.2 Å². The fourth-order valence-electron chi connectivity index (χ4n) is 15.3. The average molecular weight is 1740 g/mol. The standard InChI is InChI=1S/C26H24N2O3.C24H20N2O3.2C18H16N2O3.C17H13ClN2O3/c29-24-23(25(30)28(26(31)27-24)18-21-14-8-3-9-15-21)22(16-19-10-4-1-5-11-19)17-20-12-6-2-7-13-20;27-22-21(16-18-10-4-1-5-11-18)23(28)26(20-14-8-3-9-15-20)24(29)25(22)17-19-12-6-2-7-13-19;1-12-7-9-14(10-8-12)15-16(21)19-18(23)20(17(15)22)11-13-5-3-2-4-6-13;21-16-15(11-13-7-3-1-4-8-13)17(22)20(18(23)19-16)12-14-9-5-2-6-10-14;18-13-8-6-12(7-9-13)14-15(21)19-17(23)20(16(14)22)10-11-4-2-1-3-5-11/h1-15,22-23H,16-18H2,(H,27,29,31);1-15,21H,16-17H2;2-10,15H,11H2,1H3,(H,19,21,23);1-10,15H,11-12H2,(H,19,21,23);1-9,14H,10H2,(H,19,21,23). The summed E-state index contributed by atoms with van der Waals surface area (Å²) in [7, 11) is 0. The lowest BCUT2D eigenvalue weighted by Gasteiger charge is -2.37. The molecule has 26 heteroatoms. The van der Waals surface area contributed by atoms with Gasteiger partial charge < -0.3 is 0 Å².